The topological polar surface area (TPSA) is 59.1 Å². The van der Waals surface area contributed by atoms with E-state index in [1.54, 1.807) is 31.2 Å². The maximum Gasteiger partial charge on any atom is 0.273 e. The van der Waals surface area contributed by atoms with Gasteiger partial charge in [-0.05, 0) is 31.2 Å². The Kier molecular flexibility index (Phi) is 3.96. The maximum atomic E-state index is 12.1. The Bertz CT molecular complexity index is 668. The van der Waals surface area contributed by atoms with Gasteiger partial charge >= 0.3 is 0 Å². The molecule has 0 saturated carbocycles. The molecule has 4 nitrogen and oxygen atoms in total. The van der Waals surface area contributed by atoms with Crippen molar-refractivity contribution < 1.29 is 8.42 Å². The third-order valence-electron chi connectivity index (χ3n) is 2.07. The monoisotopic (exact) mass is 366 g/mol. The summed E-state index contributed by atoms with van der Waals surface area (Å²) in [7, 11) is -3.63. The van der Waals surface area contributed by atoms with Gasteiger partial charge in [0.1, 0.15) is 0 Å². The average Bonchev–Trinajstić information content (AvgIpc) is 2.62. The second-order valence-electron chi connectivity index (χ2n) is 3.45. The maximum absolute atomic E-state index is 12.1. The first-order chi connectivity index (χ1) is 8.38. The van der Waals surface area contributed by atoms with Crippen molar-refractivity contribution in [2.75, 3.05) is 4.72 Å². The van der Waals surface area contributed by atoms with Crippen LogP contribution in [0.4, 0.5) is 5.69 Å². The van der Waals surface area contributed by atoms with Gasteiger partial charge in [-0.15, -0.1) is 0 Å². The van der Waals surface area contributed by atoms with Gasteiger partial charge in [0.05, 0.1) is 5.69 Å². The van der Waals surface area contributed by atoms with Gasteiger partial charge in [-0.3, -0.25) is 4.72 Å². The van der Waals surface area contributed by atoms with E-state index in [0.717, 1.165) is 15.8 Å². The summed E-state index contributed by atoms with van der Waals surface area (Å²) in [6.45, 7) is 1.61. The van der Waals surface area contributed by atoms with Crippen molar-refractivity contribution in [2.45, 2.75) is 11.1 Å². The lowest BCUT2D eigenvalue weighted by atomic mass is 10.3. The number of hydrogen-bond acceptors (Lipinski definition) is 4. The molecule has 0 aliphatic heterocycles. The van der Waals surface area contributed by atoms with Gasteiger partial charge < -0.3 is 0 Å². The van der Waals surface area contributed by atoms with Gasteiger partial charge in [0.15, 0.2) is 8.68 Å². The Balaban J connectivity index is 2.33. The highest BCUT2D eigenvalue weighted by atomic mass is 79.9. The molecule has 1 heterocycles. The summed E-state index contributed by atoms with van der Waals surface area (Å²) in [6.07, 6.45) is 0. The van der Waals surface area contributed by atoms with Gasteiger partial charge in [0.2, 0.25) is 0 Å². The Morgan fingerprint density at radius 1 is 1.33 bits per heavy atom. The zero-order valence-electron chi connectivity index (χ0n) is 9.15. The fraction of sp³-hybridized carbons (Fsp3) is 0.100. The number of anilines is 1. The van der Waals surface area contributed by atoms with E-state index in [0.29, 0.717) is 11.4 Å². The molecule has 2 rings (SSSR count). The summed E-state index contributed by atoms with van der Waals surface area (Å²) in [5.41, 5.74) is 0.886. The summed E-state index contributed by atoms with van der Waals surface area (Å²) >= 11 is 9.93. The molecule has 0 saturated heterocycles. The van der Waals surface area contributed by atoms with E-state index < -0.39 is 10.0 Å². The van der Waals surface area contributed by atoms with Crippen molar-refractivity contribution in [3.63, 3.8) is 0 Å². The van der Waals surface area contributed by atoms with Gasteiger partial charge in [0, 0.05) is 10.2 Å². The van der Waals surface area contributed by atoms with Crippen LogP contribution in [0, 0.1) is 6.92 Å². The SMILES string of the molecule is Cc1nc(Cl)sc1S(=O)(=O)Nc1ccc(Br)cc1. The Hall–Kier alpha value is -0.630. The second-order valence-corrected chi connectivity index (χ2v) is 7.83. The van der Waals surface area contributed by atoms with Crippen LogP contribution in [0.3, 0.4) is 0 Å². The minimum atomic E-state index is -3.63. The molecule has 0 atom stereocenters. The lowest BCUT2D eigenvalue weighted by Gasteiger charge is -2.06. The first-order valence-electron chi connectivity index (χ1n) is 4.80. The summed E-state index contributed by atoms with van der Waals surface area (Å²) in [5, 5.41) is 0. The number of benzene rings is 1. The van der Waals surface area contributed by atoms with E-state index in [9.17, 15) is 8.42 Å². The molecule has 0 amide bonds. The highest BCUT2D eigenvalue weighted by Gasteiger charge is 2.21. The number of rotatable bonds is 3. The van der Waals surface area contributed by atoms with Gasteiger partial charge in [-0.1, -0.05) is 38.9 Å². The zero-order valence-corrected chi connectivity index (χ0v) is 13.1. The zero-order chi connectivity index (χ0) is 13.3. The second kappa shape index (κ2) is 5.16. The lowest BCUT2D eigenvalue weighted by Crippen LogP contribution is -2.12. The summed E-state index contributed by atoms with van der Waals surface area (Å²) in [6, 6.07) is 6.84. The van der Waals surface area contributed by atoms with E-state index in [1.165, 1.54) is 0 Å². The van der Waals surface area contributed by atoms with Crippen LogP contribution in [0.15, 0.2) is 32.9 Å². The van der Waals surface area contributed by atoms with Crippen LogP contribution in [0.5, 0.6) is 0 Å². The fourth-order valence-corrected chi connectivity index (χ4v) is 4.38. The van der Waals surface area contributed by atoms with Crippen molar-refractivity contribution >= 4 is 54.6 Å². The molecule has 1 N–H and O–H groups in total. The molecule has 2 aromatic rings. The van der Waals surface area contributed by atoms with Crippen molar-refractivity contribution in [3.05, 3.63) is 38.9 Å². The number of nitrogens with zero attached hydrogens (tertiary/aromatic N) is 1. The molecule has 0 aliphatic carbocycles. The molecule has 0 unspecified atom stereocenters. The first-order valence-corrected chi connectivity index (χ1v) is 8.27. The van der Waals surface area contributed by atoms with Crippen LogP contribution >= 0.6 is 38.9 Å². The Morgan fingerprint density at radius 2 is 1.94 bits per heavy atom. The standard InChI is InChI=1S/C10H8BrClN2O2S2/c1-6-9(17-10(12)13-6)18(15,16)14-8-4-2-7(11)3-5-8/h2-5,14H,1H3. The fourth-order valence-electron chi connectivity index (χ4n) is 1.32. The molecular weight excluding hydrogens is 360 g/mol. The smallest absolute Gasteiger partial charge is 0.273 e. The third-order valence-corrected chi connectivity index (χ3v) is 5.85. The molecule has 1 aromatic carbocycles. The Labute approximate surface area is 122 Å². The molecule has 18 heavy (non-hydrogen) atoms. The number of hydrogen-bond donors (Lipinski definition) is 1. The van der Waals surface area contributed by atoms with Crippen LogP contribution in [-0.2, 0) is 10.0 Å². The Morgan fingerprint density at radius 3 is 2.44 bits per heavy atom. The van der Waals surface area contributed by atoms with Gasteiger partial charge in [-0.25, -0.2) is 13.4 Å². The lowest BCUT2D eigenvalue weighted by molar-refractivity contribution is 0.602. The number of aryl methyl sites for hydroxylation is 1. The van der Waals surface area contributed by atoms with Crippen LogP contribution in [0.1, 0.15) is 5.69 Å². The van der Waals surface area contributed by atoms with Crippen LogP contribution < -0.4 is 4.72 Å². The van der Waals surface area contributed by atoms with Crippen molar-refractivity contribution in [1.82, 2.24) is 4.98 Å². The predicted molar refractivity (Wildman–Crippen MR) is 76.8 cm³/mol. The van der Waals surface area contributed by atoms with Crippen molar-refractivity contribution in [1.29, 1.82) is 0 Å². The highest BCUT2D eigenvalue weighted by Crippen LogP contribution is 2.28. The molecule has 0 fully saturated rings. The number of aromatic nitrogens is 1. The largest absolute Gasteiger partial charge is 0.279 e. The molecule has 96 valence electrons. The van der Waals surface area contributed by atoms with Gasteiger partial charge in [-0.2, -0.15) is 0 Å². The van der Waals surface area contributed by atoms with E-state index in [2.05, 4.69) is 25.6 Å². The number of halogens is 2. The molecule has 1 aromatic heterocycles. The van der Waals surface area contributed by atoms with E-state index >= 15 is 0 Å². The predicted octanol–water partition coefficient (Wildman–Crippen LogP) is 3.67. The average molecular weight is 368 g/mol. The molecule has 0 spiro atoms. The minimum absolute atomic E-state index is 0.135. The normalized spacial score (nSPS) is 11.5. The number of nitrogens with one attached hydrogen (secondary N) is 1. The highest BCUT2D eigenvalue weighted by molar-refractivity contribution is 9.10. The molecule has 0 aliphatic rings. The first kappa shape index (κ1) is 13.8. The van der Waals surface area contributed by atoms with Crippen LogP contribution in [-0.4, -0.2) is 13.4 Å². The number of thiazole rings is 1. The number of sulfonamides is 1. The van der Waals surface area contributed by atoms with Crippen molar-refractivity contribution in [2.24, 2.45) is 0 Å². The minimum Gasteiger partial charge on any atom is -0.279 e. The summed E-state index contributed by atoms with van der Waals surface area (Å²) in [5.74, 6) is 0. The van der Waals surface area contributed by atoms with Crippen molar-refractivity contribution in [3.8, 4) is 0 Å². The quantitative estimate of drug-likeness (QED) is 0.900. The molecule has 0 radical (unpaired) electrons. The van der Waals surface area contributed by atoms with Crippen LogP contribution in [0.25, 0.3) is 0 Å². The molecule has 0 bridgehead atoms. The molecule has 8 heteroatoms. The third kappa shape index (κ3) is 3.03. The molecular formula is C10H8BrClN2O2S2. The summed E-state index contributed by atoms with van der Waals surface area (Å²) < 4.78 is 27.9. The van der Waals surface area contributed by atoms with Crippen LogP contribution in [0.2, 0.25) is 4.47 Å². The summed E-state index contributed by atoms with van der Waals surface area (Å²) in [4.78, 5) is 3.89. The van der Waals surface area contributed by atoms with E-state index in [1.807, 2.05) is 0 Å². The van der Waals surface area contributed by atoms with E-state index in [-0.39, 0.29) is 8.68 Å². The van der Waals surface area contributed by atoms with E-state index in [4.69, 9.17) is 11.6 Å². The van der Waals surface area contributed by atoms with Gasteiger partial charge in [0.25, 0.3) is 10.0 Å².